The number of oxime groups is 1. The Bertz CT molecular complexity index is 1260. The standard InChI is InChI=1S/C24H24N6O3/c1-16-11-17(2)30(28-16)22-9-8-20(13-26-22)23(25)29-33-15-18-5-3-6-19(12-18)24(31)27-14-21-7-4-10-32-21/h3-13H,14-15H2,1-2H3,(H2,25,29)(H,27,31). The predicted octanol–water partition coefficient (Wildman–Crippen LogP) is 3.24. The molecule has 1 aromatic carbocycles. The van der Waals surface area contributed by atoms with Crippen molar-refractivity contribution in [3.8, 4) is 5.82 Å². The first-order valence-corrected chi connectivity index (χ1v) is 10.3. The highest BCUT2D eigenvalue weighted by Crippen LogP contribution is 2.11. The van der Waals surface area contributed by atoms with Gasteiger partial charge in [-0.3, -0.25) is 4.79 Å². The van der Waals surface area contributed by atoms with Crippen LogP contribution in [0.25, 0.3) is 5.82 Å². The Labute approximate surface area is 190 Å². The Kier molecular flexibility index (Phi) is 6.49. The van der Waals surface area contributed by atoms with Crippen LogP contribution < -0.4 is 11.1 Å². The van der Waals surface area contributed by atoms with Crippen LogP contribution in [0.4, 0.5) is 0 Å². The minimum absolute atomic E-state index is 0.164. The van der Waals surface area contributed by atoms with E-state index in [2.05, 4.69) is 20.6 Å². The smallest absolute Gasteiger partial charge is 0.251 e. The Morgan fingerprint density at radius 1 is 1.15 bits per heavy atom. The molecule has 0 aliphatic heterocycles. The van der Waals surface area contributed by atoms with E-state index in [4.69, 9.17) is 15.0 Å². The van der Waals surface area contributed by atoms with Crippen molar-refractivity contribution in [1.29, 1.82) is 0 Å². The monoisotopic (exact) mass is 444 g/mol. The number of benzene rings is 1. The molecule has 0 radical (unpaired) electrons. The van der Waals surface area contributed by atoms with E-state index in [0.29, 0.717) is 29.2 Å². The molecule has 3 heterocycles. The Hall–Kier alpha value is -4.40. The second-order valence-electron chi connectivity index (χ2n) is 7.46. The minimum atomic E-state index is -0.204. The van der Waals surface area contributed by atoms with Gasteiger partial charge in [-0.05, 0) is 61.9 Å². The van der Waals surface area contributed by atoms with Crippen LogP contribution in [0.1, 0.15) is 38.6 Å². The molecule has 9 nitrogen and oxygen atoms in total. The Balaban J connectivity index is 1.34. The molecule has 4 aromatic rings. The summed E-state index contributed by atoms with van der Waals surface area (Å²) in [4.78, 5) is 22.2. The number of aryl methyl sites for hydroxylation is 2. The van der Waals surface area contributed by atoms with Gasteiger partial charge in [-0.2, -0.15) is 5.10 Å². The Morgan fingerprint density at radius 3 is 2.73 bits per heavy atom. The number of furan rings is 1. The fourth-order valence-corrected chi connectivity index (χ4v) is 3.24. The fourth-order valence-electron chi connectivity index (χ4n) is 3.24. The number of rotatable bonds is 8. The lowest BCUT2D eigenvalue weighted by Crippen LogP contribution is -2.22. The van der Waals surface area contributed by atoms with Crippen LogP contribution in [0, 0.1) is 13.8 Å². The molecule has 0 bridgehead atoms. The lowest BCUT2D eigenvalue weighted by molar-refractivity contribution is 0.0947. The van der Waals surface area contributed by atoms with E-state index in [1.54, 1.807) is 47.5 Å². The van der Waals surface area contributed by atoms with Crippen LogP contribution in [0.15, 0.2) is 76.6 Å². The molecule has 0 aliphatic rings. The largest absolute Gasteiger partial charge is 0.467 e. The molecule has 0 saturated carbocycles. The molecule has 0 fully saturated rings. The highest BCUT2D eigenvalue weighted by molar-refractivity contribution is 5.96. The average molecular weight is 444 g/mol. The second-order valence-corrected chi connectivity index (χ2v) is 7.46. The fraction of sp³-hybridized carbons (Fsp3) is 0.167. The van der Waals surface area contributed by atoms with E-state index in [1.807, 2.05) is 38.1 Å². The molecular weight excluding hydrogens is 420 g/mol. The van der Waals surface area contributed by atoms with Gasteiger partial charge in [-0.1, -0.05) is 17.3 Å². The molecule has 33 heavy (non-hydrogen) atoms. The summed E-state index contributed by atoms with van der Waals surface area (Å²) < 4.78 is 6.99. The van der Waals surface area contributed by atoms with E-state index in [0.717, 1.165) is 17.0 Å². The van der Waals surface area contributed by atoms with E-state index >= 15 is 0 Å². The van der Waals surface area contributed by atoms with Gasteiger partial charge in [0.2, 0.25) is 0 Å². The third-order valence-corrected chi connectivity index (χ3v) is 4.86. The zero-order valence-corrected chi connectivity index (χ0v) is 18.4. The molecule has 1 amide bonds. The van der Waals surface area contributed by atoms with Crippen molar-refractivity contribution in [2.45, 2.75) is 27.0 Å². The van der Waals surface area contributed by atoms with Crippen LogP contribution in [0.3, 0.4) is 0 Å². The number of carbonyl (C=O) groups excluding carboxylic acids is 1. The summed E-state index contributed by atoms with van der Waals surface area (Å²) in [7, 11) is 0. The number of nitrogens with one attached hydrogen (secondary N) is 1. The SMILES string of the molecule is Cc1cc(C)n(-c2ccc(/C(N)=N/OCc3cccc(C(=O)NCc4ccco4)c3)cn2)n1. The zero-order valence-electron chi connectivity index (χ0n) is 18.4. The first-order valence-electron chi connectivity index (χ1n) is 10.3. The van der Waals surface area contributed by atoms with Gasteiger partial charge >= 0.3 is 0 Å². The third kappa shape index (κ3) is 5.45. The first kappa shape index (κ1) is 21.8. The van der Waals surface area contributed by atoms with Crippen molar-refractivity contribution in [2.75, 3.05) is 0 Å². The number of nitrogens with two attached hydrogens (primary N) is 1. The lowest BCUT2D eigenvalue weighted by Gasteiger charge is -2.07. The predicted molar refractivity (Wildman–Crippen MR) is 123 cm³/mol. The number of nitrogens with zero attached hydrogens (tertiary/aromatic N) is 4. The summed E-state index contributed by atoms with van der Waals surface area (Å²) in [5, 5.41) is 11.2. The summed E-state index contributed by atoms with van der Waals surface area (Å²) in [5.41, 5.74) is 9.89. The number of amides is 1. The van der Waals surface area contributed by atoms with Crippen LogP contribution in [-0.2, 0) is 18.0 Å². The van der Waals surface area contributed by atoms with Gasteiger partial charge in [-0.25, -0.2) is 9.67 Å². The Morgan fingerprint density at radius 2 is 2.03 bits per heavy atom. The van der Waals surface area contributed by atoms with E-state index in [1.165, 1.54) is 0 Å². The molecule has 9 heteroatoms. The van der Waals surface area contributed by atoms with Crippen molar-refractivity contribution in [3.05, 3.63) is 101 Å². The molecule has 0 atom stereocenters. The summed E-state index contributed by atoms with van der Waals surface area (Å²) >= 11 is 0. The van der Waals surface area contributed by atoms with Crippen LogP contribution in [0.5, 0.6) is 0 Å². The molecule has 0 spiro atoms. The van der Waals surface area contributed by atoms with Gasteiger partial charge in [0.05, 0.1) is 18.5 Å². The molecule has 0 aliphatic carbocycles. The maximum Gasteiger partial charge on any atom is 0.251 e. The van der Waals surface area contributed by atoms with Crippen molar-refractivity contribution in [1.82, 2.24) is 20.1 Å². The van der Waals surface area contributed by atoms with Crippen molar-refractivity contribution in [2.24, 2.45) is 10.9 Å². The molecular formula is C24H24N6O3. The number of aromatic nitrogens is 3. The van der Waals surface area contributed by atoms with Crippen molar-refractivity contribution in [3.63, 3.8) is 0 Å². The van der Waals surface area contributed by atoms with E-state index < -0.39 is 0 Å². The normalized spacial score (nSPS) is 11.4. The molecule has 0 saturated heterocycles. The first-order chi connectivity index (χ1) is 16.0. The summed E-state index contributed by atoms with van der Waals surface area (Å²) in [6.07, 6.45) is 3.19. The number of carbonyl (C=O) groups is 1. The topological polar surface area (TPSA) is 121 Å². The summed E-state index contributed by atoms with van der Waals surface area (Å²) in [5.74, 6) is 1.38. The molecule has 4 rings (SSSR count). The molecule has 3 aromatic heterocycles. The highest BCUT2D eigenvalue weighted by atomic mass is 16.6. The zero-order chi connectivity index (χ0) is 23.2. The average Bonchev–Trinajstić information content (AvgIpc) is 3.46. The summed E-state index contributed by atoms with van der Waals surface area (Å²) in [6, 6.07) is 16.3. The van der Waals surface area contributed by atoms with Gasteiger partial charge < -0.3 is 20.3 Å². The number of amidine groups is 1. The number of hydrogen-bond donors (Lipinski definition) is 2. The maximum atomic E-state index is 12.4. The summed E-state index contributed by atoms with van der Waals surface area (Å²) in [6.45, 7) is 4.39. The van der Waals surface area contributed by atoms with Gasteiger partial charge in [0.15, 0.2) is 11.7 Å². The van der Waals surface area contributed by atoms with Crippen LogP contribution in [0.2, 0.25) is 0 Å². The quantitative estimate of drug-likeness (QED) is 0.245. The third-order valence-electron chi connectivity index (χ3n) is 4.86. The van der Waals surface area contributed by atoms with E-state index in [-0.39, 0.29) is 18.3 Å². The van der Waals surface area contributed by atoms with Gasteiger partial charge in [0, 0.05) is 23.0 Å². The van der Waals surface area contributed by atoms with Crippen molar-refractivity contribution >= 4 is 11.7 Å². The highest BCUT2D eigenvalue weighted by Gasteiger charge is 2.09. The second kappa shape index (κ2) is 9.82. The number of hydrogen-bond acceptors (Lipinski definition) is 6. The van der Waals surface area contributed by atoms with Crippen molar-refractivity contribution < 1.29 is 14.0 Å². The van der Waals surface area contributed by atoms with Crippen LogP contribution in [-0.4, -0.2) is 26.5 Å². The lowest BCUT2D eigenvalue weighted by atomic mass is 10.1. The maximum absolute atomic E-state index is 12.4. The van der Waals surface area contributed by atoms with Gasteiger partial charge in [0.25, 0.3) is 5.91 Å². The molecule has 168 valence electrons. The van der Waals surface area contributed by atoms with Gasteiger partial charge in [0.1, 0.15) is 12.4 Å². The molecule has 0 unspecified atom stereocenters. The number of pyridine rings is 1. The van der Waals surface area contributed by atoms with Gasteiger partial charge in [-0.15, -0.1) is 0 Å². The van der Waals surface area contributed by atoms with E-state index in [9.17, 15) is 4.79 Å². The van der Waals surface area contributed by atoms with Crippen LogP contribution >= 0.6 is 0 Å². The molecule has 3 N–H and O–H groups in total. The minimum Gasteiger partial charge on any atom is -0.467 e.